The second kappa shape index (κ2) is 8.79. The van der Waals surface area contributed by atoms with Crippen LogP contribution in [0.2, 0.25) is 5.02 Å². The molecule has 6 nitrogen and oxygen atoms in total. The molecular formula is C24H29ClN4O2. The van der Waals surface area contributed by atoms with Gasteiger partial charge in [0, 0.05) is 18.1 Å². The second-order valence-corrected chi connectivity index (χ2v) is 9.43. The van der Waals surface area contributed by atoms with E-state index < -0.39 is 5.60 Å². The number of anilines is 1. The quantitative estimate of drug-likeness (QED) is 0.565. The molecule has 1 aliphatic heterocycles. The van der Waals surface area contributed by atoms with Crippen molar-refractivity contribution >= 4 is 34.7 Å². The van der Waals surface area contributed by atoms with Gasteiger partial charge in [0.05, 0.1) is 23.6 Å². The minimum absolute atomic E-state index is 0.0780. The number of halogens is 1. The van der Waals surface area contributed by atoms with Crippen LogP contribution >= 0.6 is 11.6 Å². The largest absolute Gasteiger partial charge is 0.444 e. The van der Waals surface area contributed by atoms with Crippen molar-refractivity contribution in [2.75, 3.05) is 18.4 Å². The average Bonchev–Trinajstić information content (AvgIpc) is 3.30. The van der Waals surface area contributed by atoms with Crippen molar-refractivity contribution in [3.05, 3.63) is 59.1 Å². The Labute approximate surface area is 188 Å². The van der Waals surface area contributed by atoms with E-state index in [1.807, 2.05) is 62.1 Å². The number of aromatic nitrogens is 2. The second-order valence-electron chi connectivity index (χ2n) is 8.99. The maximum absolute atomic E-state index is 12.6. The molecule has 1 aromatic heterocycles. The van der Waals surface area contributed by atoms with Gasteiger partial charge in [0.25, 0.3) is 0 Å². The number of imidazole rings is 1. The van der Waals surface area contributed by atoms with E-state index in [0.717, 1.165) is 47.0 Å². The Morgan fingerprint density at radius 1 is 1.23 bits per heavy atom. The first-order chi connectivity index (χ1) is 14.8. The van der Waals surface area contributed by atoms with Crippen molar-refractivity contribution in [3.63, 3.8) is 0 Å². The average molecular weight is 441 g/mol. The summed E-state index contributed by atoms with van der Waals surface area (Å²) in [5.41, 5.74) is 2.60. The van der Waals surface area contributed by atoms with Gasteiger partial charge in [0.2, 0.25) is 5.95 Å². The predicted molar refractivity (Wildman–Crippen MR) is 125 cm³/mol. The number of para-hydroxylation sites is 2. The molecule has 0 saturated carbocycles. The number of nitrogens with one attached hydrogen (secondary N) is 1. The molecule has 2 heterocycles. The van der Waals surface area contributed by atoms with Crippen LogP contribution in [0.25, 0.3) is 11.0 Å². The molecule has 7 heteroatoms. The summed E-state index contributed by atoms with van der Waals surface area (Å²) in [5, 5.41) is 4.21. The molecule has 1 N–H and O–H groups in total. The van der Waals surface area contributed by atoms with Crippen LogP contribution in [-0.4, -0.2) is 45.3 Å². The number of ether oxygens (including phenoxy) is 1. The predicted octanol–water partition coefficient (Wildman–Crippen LogP) is 5.55. The molecule has 1 saturated heterocycles. The summed E-state index contributed by atoms with van der Waals surface area (Å²) in [5.74, 6) is 0.789. The molecule has 0 spiro atoms. The number of likely N-dealkylation sites (tertiary alicyclic amines) is 1. The van der Waals surface area contributed by atoms with Crippen molar-refractivity contribution in [2.24, 2.45) is 0 Å². The van der Waals surface area contributed by atoms with Crippen molar-refractivity contribution in [2.45, 2.75) is 51.8 Å². The molecule has 2 aromatic carbocycles. The zero-order chi connectivity index (χ0) is 22.0. The van der Waals surface area contributed by atoms with Gasteiger partial charge in [-0.25, -0.2) is 9.78 Å². The topological polar surface area (TPSA) is 59.4 Å². The van der Waals surface area contributed by atoms with Crippen molar-refractivity contribution in [1.82, 2.24) is 14.5 Å². The molecule has 0 bridgehead atoms. The fourth-order valence-electron chi connectivity index (χ4n) is 4.01. The monoisotopic (exact) mass is 440 g/mol. The Hall–Kier alpha value is -2.73. The van der Waals surface area contributed by atoms with E-state index in [1.165, 1.54) is 0 Å². The Morgan fingerprint density at radius 3 is 2.81 bits per heavy atom. The van der Waals surface area contributed by atoms with Crippen molar-refractivity contribution in [1.29, 1.82) is 0 Å². The third kappa shape index (κ3) is 5.13. The van der Waals surface area contributed by atoms with Crippen molar-refractivity contribution < 1.29 is 9.53 Å². The van der Waals surface area contributed by atoms with Gasteiger partial charge in [-0.05, 0) is 63.4 Å². The van der Waals surface area contributed by atoms with E-state index in [9.17, 15) is 4.79 Å². The fourth-order valence-corrected chi connectivity index (χ4v) is 4.22. The maximum Gasteiger partial charge on any atom is 0.410 e. The zero-order valence-electron chi connectivity index (χ0n) is 18.3. The lowest BCUT2D eigenvalue weighted by atomic mass is 10.2. The first-order valence-corrected chi connectivity index (χ1v) is 11.1. The van der Waals surface area contributed by atoms with Crippen molar-refractivity contribution in [3.8, 4) is 0 Å². The molecule has 1 aliphatic rings. The first kappa shape index (κ1) is 21.5. The van der Waals surface area contributed by atoms with Gasteiger partial charge in [-0.2, -0.15) is 0 Å². The lowest BCUT2D eigenvalue weighted by molar-refractivity contribution is 0.0235. The number of benzene rings is 2. The highest BCUT2D eigenvalue weighted by Crippen LogP contribution is 2.25. The molecule has 1 amide bonds. The van der Waals surface area contributed by atoms with E-state index >= 15 is 0 Å². The summed E-state index contributed by atoms with van der Waals surface area (Å²) in [6.45, 7) is 7.69. The van der Waals surface area contributed by atoms with Crippen LogP contribution in [0.15, 0.2) is 48.5 Å². The van der Waals surface area contributed by atoms with E-state index in [0.29, 0.717) is 13.1 Å². The van der Waals surface area contributed by atoms with Gasteiger partial charge < -0.3 is 19.5 Å². The molecule has 1 fully saturated rings. The third-order valence-electron chi connectivity index (χ3n) is 5.39. The minimum atomic E-state index is -0.497. The van der Waals surface area contributed by atoms with Gasteiger partial charge in [0.15, 0.2) is 0 Å². The van der Waals surface area contributed by atoms with Gasteiger partial charge in [-0.3, -0.25) is 0 Å². The van der Waals surface area contributed by atoms with Crippen LogP contribution in [0.5, 0.6) is 0 Å². The summed E-state index contributed by atoms with van der Waals surface area (Å²) in [6, 6.07) is 16.0. The molecule has 1 atom stereocenters. The summed E-state index contributed by atoms with van der Waals surface area (Å²) < 4.78 is 7.75. The summed E-state index contributed by atoms with van der Waals surface area (Å²) >= 11 is 6.19. The van der Waals surface area contributed by atoms with Crippen LogP contribution < -0.4 is 5.32 Å². The molecule has 4 rings (SSSR count). The minimum Gasteiger partial charge on any atom is -0.444 e. The number of hydrogen-bond donors (Lipinski definition) is 1. The highest BCUT2D eigenvalue weighted by molar-refractivity contribution is 6.30. The third-order valence-corrected chi connectivity index (χ3v) is 5.62. The number of fused-ring (bicyclic) bond motifs is 1. The molecule has 164 valence electrons. The Bertz CT molecular complexity index is 1070. The van der Waals surface area contributed by atoms with E-state index in [-0.39, 0.29) is 12.1 Å². The van der Waals surface area contributed by atoms with E-state index in [4.69, 9.17) is 21.3 Å². The number of nitrogens with zero attached hydrogens (tertiary/aromatic N) is 3. The van der Waals surface area contributed by atoms with Crippen LogP contribution in [0.3, 0.4) is 0 Å². The number of rotatable bonds is 5. The van der Waals surface area contributed by atoms with Gasteiger partial charge in [-0.1, -0.05) is 35.9 Å². The van der Waals surface area contributed by atoms with Crippen LogP contribution in [0.1, 0.15) is 39.2 Å². The van der Waals surface area contributed by atoms with Gasteiger partial charge >= 0.3 is 6.09 Å². The molecule has 3 aromatic rings. The van der Waals surface area contributed by atoms with Gasteiger partial charge in [-0.15, -0.1) is 0 Å². The van der Waals surface area contributed by atoms with Gasteiger partial charge in [0.1, 0.15) is 5.60 Å². The lowest BCUT2D eigenvalue weighted by Crippen LogP contribution is -2.42. The van der Waals surface area contributed by atoms with Crippen LogP contribution in [0.4, 0.5) is 10.7 Å². The molecule has 0 unspecified atom stereocenters. The molecular weight excluding hydrogens is 412 g/mol. The fraction of sp³-hybridized carbons (Fsp3) is 0.417. The number of hydrogen-bond acceptors (Lipinski definition) is 4. The smallest absolute Gasteiger partial charge is 0.410 e. The number of carbonyl (C=O) groups excluding carboxylic acids is 1. The summed E-state index contributed by atoms with van der Waals surface area (Å²) in [6.07, 6.45) is 1.68. The summed E-state index contributed by atoms with van der Waals surface area (Å²) in [7, 11) is 0. The van der Waals surface area contributed by atoms with E-state index in [1.54, 1.807) is 0 Å². The SMILES string of the molecule is CC(C)(C)OC(=O)N1CCC[C@@H]1CNc1nc2ccccc2n1Cc1cccc(Cl)c1. The zero-order valence-corrected chi connectivity index (χ0v) is 19.0. The first-order valence-electron chi connectivity index (χ1n) is 10.7. The summed E-state index contributed by atoms with van der Waals surface area (Å²) in [4.78, 5) is 19.2. The lowest BCUT2D eigenvalue weighted by Gasteiger charge is -2.28. The normalized spacial score (nSPS) is 16.6. The number of carbonyl (C=O) groups is 1. The Balaban J connectivity index is 1.53. The van der Waals surface area contributed by atoms with Crippen LogP contribution in [0, 0.1) is 0 Å². The maximum atomic E-state index is 12.6. The Kier molecular flexibility index (Phi) is 6.10. The molecule has 0 aliphatic carbocycles. The highest BCUT2D eigenvalue weighted by Gasteiger charge is 2.32. The molecule has 31 heavy (non-hydrogen) atoms. The standard InChI is InChI=1S/C24H29ClN4O2/c1-24(2,3)31-23(30)28-13-7-10-19(28)15-26-22-27-20-11-4-5-12-21(20)29(22)16-17-8-6-9-18(25)14-17/h4-6,8-9,11-12,14,19H,7,10,13,15-16H2,1-3H3,(H,26,27)/t19-/m1/s1. The van der Waals surface area contributed by atoms with E-state index in [2.05, 4.69) is 22.0 Å². The number of amides is 1. The Morgan fingerprint density at radius 2 is 2.03 bits per heavy atom. The highest BCUT2D eigenvalue weighted by atomic mass is 35.5. The molecule has 0 radical (unpaired) electrons. The van der Waals surface area contributed by atoms with Crippen LogP contribution in [-0.2, 0) is 11.3 Å².